The van der Waals surface area contributed by atoms with Gasteiger partial charge >= 0.3 is 5.97 Å². The van der Waals surface area contributed by atoms with Gasteiger partial charge in [0.25, 0.3) is 0 Å². The van der Waals surface area contributed by atoms with E-state index >= 15 is 0 Å². The highest BCUT2D eigenvalue weighted by Gasteiger charge is 2.68. The van der Waals surface area contributed by atoms with E-state index in [0.717, 1.165) is 30.1 Å². The predicted octanol–water partition coefficient (Wildman–Crippen LogP) is 9.23. The summed E-state index contributed by atoms with van der Waals surface area (Å²) < 4.78 is 5.90. The smallest absolute Gasteiger partial charge is 0.302 e. The van der Waals surface area contributed by atoms with Gasteiger partial charge in [-0.2, -0.15) is 0 Å². The van der Waals surface area contributed by atoms with Gasteiger partial charge < -0.3 is 4.74 Å². The first-order chi connectivity index (χ1) is 16.2. The number of carbonyl (C=O) groups is 1. The van der Waals surface area contributed by atoms with E-state index in [2.05, 4.69) is 62.0 Å². The molecule has 200 valence electrons. The monoisotopic (exact) mass is 484 g/mol. The van der Waals surface area contributed by atoms with Gasteiger partial charge in [0.1, 0.15) is 6.10 Å². The van der Waals surface area contributed by atoms with Crippen LogP contribution in [0.2, 0.25) is 0 Å². The maximum absolute atomic E-state index is 11.9. The van der Waals surface area contributed by atoms with Gasteiger partial charge in [-0.05, 0) is 116 Å². The van der Waals surface area contributed by atoms with Crippen LogP contribution in [-0.4, -0.2) is 12.1 Å². The summed E-state index contributed by atoms with van der Waals surface area (Å²) in [6.07, 6.45) is 13.2. The Kier molecular flexibility index (Phi) is 7.16. The molecular weight excluding hydrogens is 428 g/mol. The van der Waals surface area contributed by atoms with E-state index < -0.39 is 0 Å². The zero-order valence-electron chi connectivity index (χ0n) is 24.6. The van der Waals surface area contributed by atoms with E-state index in [1.54, 1.807) is 6.92 Å². The highest BCUT2D eigenvalue weighted by molar-refractivity contribution is 5.66. The Morgan fingerprint density at radius 1 is 0.886 bits per heavy atom. The SMILES string of the molecule is C=C(CCC(C)C1CC[C@]2(C)C1CCC1C3(C)CCC(OC(C)=O)C(C)(C)[C@@H]3CCC12C)C(C)C. The predicted molar refractivity (Wildman–Crippen MR) is 147 cm³/mol. The minimum absolute atomic E-state index is 0.0588. The molecule has 0 aliphatic heterocycles. The van der Waals surface area contributed by atoms with E-state index in [9.17, 15) is 4.79 Å². The molecule has 4 fully saturated rings. The van der Waals surface area contributed by atoms with Crippen LogP contribution in [0.1, 0.15) is 127 Å². The number of carbonyl (C=O) groups excluding carboxylic acids is 1. The third kappa shape index (κ3) is 4.16. The highest BCUT2D eigenvalue weighted by Crippen LogP contribution is 2.75. The van der Waals surface area contributed by atoms with E-state index in [4.69, 9.17) is 4.74 Å². The quantitative estimate of drug-likeness (QED) is 0.277. The number of hydrogen-bond donors (Lipinski definition) is 0. The summed E-state index contributed by atoms with van der Waals surface area (Å²) in [4.78, 5) is 11.9. The molecule has 0 N–H and O–H groups in total. The summed E-state index contributed by atoms with van der Waals surface area (Å²) in [6.45, 7) is 25.9. The van der Waals surface area contributed by atoms with Crippen LogP contribution in [-0.2, 0) is 9.53 Å². The first-order valence-corrected chi connectivity index (χ1v) is 15.0. The van der Waals surface area contributed by atoms with Crippen molar-refractivity contribution in [1.29, 1.82) is 0 Å². The van der Waals surface area contributed by atoms with Crippen molar-refractivity contribution >= 4 is 5.97 Å². The molecule has 0 spiro atoms. The molecule has 4 rings (SSSR count). The van der Waals surface area contributed by atoms with E-state index in [-0.39, 0.29) is 17.5 Å². The van der Waals surface area contributed by atoms with Gasteiger partial charge in [-0.25, -0.2) is 0 Å². The minimum Gasteiger partial charge on any atom is -0.462 e. The van der Waals surface area contributed by atoms with Gasteiger partial charge in [0.15, 0.2) is 0 Å². The number of esters is 1. The Hall–Kier alpha value is -0.790. The standard InChI is InChI=1S/C33H56O2/c1-21(2)22(3)11-12-23(4)25-15-19-32(9)26(25)13-14-28-31(8)18-17-29(35-24(5)34)30(6,7)27(31)16-20-33(28,32)10/h21,23,25-29H,3,11-20H2,1-2,4-10H3/t23?,25?,26?,27-,28?,29?,31?,32+,33?/m0/s1. The fourth-order valence-electron chi connectivity index (χ4n) is 10.8. The van der Waals surface area contributed by atoms with Crippen LogP contribution < -0.4 is 0 Å². The zero-order chi connectivity index (χ0) is 26.0. The Labute approximate surface area is 217 Å². The first-order valence-electron chi connectivity index (χ1n) is 15.0. The average Bonchev–Trinajstić information content (AvgIpc) is 3.12. The van der Waals surface area contributed by atoms with Gasteiger partial charge in [-0.1, -0.05) is 67.5 Å². The van der Waals surface area contributed by atoms with Crippen molar-refractivity contribution in [2.45, 2.75) is 133 Å². The molecular formula is C33H56O2. The number of allylic oxidation sites excluding steroid dienone is 1. The number of ether oxygens (including phenoxy) is 1. The number of rotatable bonds is 6. The molecule has 9 atom stereocenters. The van der Waals surface area contributed by atoms with Crippen molar-refractivity contribution < 1.29 is 9.53 Å². The van der Waals surface area contributed by atoms with Gasteiger partial charge in [0, 0.05) is 12.3 Å². The molecule has 2 nitrogen and oxygen atoms in total. The van der Waals surface area contributed by atoms with Crippen molar-refractivity contribution in [2.75, 3.05) is 0 Å². The van der Waals surface area contributed by atoms with Crippen LogP contribution in [0.15, 0.2) is 12.2 Å². The van der Waals surface area contributed by atoms with Gasteiger partial charge in [-0.3, -0.25) is 4.79 Å². The first kappa shape index (κ1) is 27.3. The molecule has 7 unspecified atom stereocenters. The second kappa shape index (κ2) is 9.20. The van der Waals surface area contributed by atoms with E-state index in [1.807, 2.05) is 0 Å². The fraction of sp³-hybridized carbons (Fsp3) is 0.909. The molecule has 0 bridgehead atoms. The molecule has 0 aromatic rings. The molecule has 0 aromatic carbocycles. The third-order valence-corrected chi connectivity index (χ3v) is 13.2. The van der Waals surface area contributed by atoms with Gasteiger partial charge in [0.05, 0.1) is 0 Å². The normalized spacial score (nSPS) is 45.3. The second-order valence-corrected chi connectivity index (χ2v) is 15.2. The Bertz CT molecular complexity index is 825. The van der Waals surface area contributed by atoms with Crippen molar-refractivity contribution in [3.05, 3.63) is 12.2 Å². The summed E-state index contributed by atoms with van der Waals surface area (Å²) >= 11 is 0. The minimum atomic E-state index is -0.108. The van der Waals surface area contributed by atoms with Crippen molar-refractivity contribution in [1.82, 2.24) is 0 Å². The summed E-state index contributed by atoms with van der Waals surface area (Å²) in [5.41, 5.74) is 2.76. The lowest BCUT2D eigenvalue weighted by Crippen LogP contribution is -2.64. The Morgan fingerprint density at radius 3 is 2.17 bits per heavy atom. The van der Waals surface area contributed by atoms with Crippen LogP contribution >= 0.6 is 0 Å². The fourth-order valence-corrected chi connectivity index (χ4v) is 10.8. The Balaban J connectivity index is 1.55. The van der Waals surface area contributed by atoms with Crippen LogP contribution in [0, 0.1) is 57.2 Å². The molecule has 0 heterocycles. The number of hydrogen-bond acceptors (Lipinski definition) is 2. The van der Waals surface area contributed by atoms with Crippen molar-refractivity contribution in [3.63, 3.8) is 0 Å². The highest BCUT2D eigenvalue weighted by atomic mass is 16.5. The maximum Gasteiger partial charge on any atom is 0.302 e. The largest absolute Gasteiger partial charge is 0.462 e. The lowest BCUT2D eigenvalue weighted by Gasteiger charge is -2.70. The van der Waals surface area contributed by atoms with Gasteiger partial charge in [-0.15, -0.1) is 0 Å². The average molecular weight is 485 g/mol. The summed E-state index contributed by atoms with van der Waals surface area (Å²) in [7, 11) is 0. The lowest BCUT2D eigenvalue weighted by molar-refractivity contribution is -0.227. The zero-order valence-corrected chi connectivity index (χ0v) is 24.6. The summed E-state index contributed by atoms with van der Waals surface area (Å²) in [6, 6.07) is 0. The maximum atomic E-state index is 11.9. The molecule has 0 amide bonds. The van der Waals surface area contributed by atoms with Crippen LogP contribution in [0.25, 0.3) is 0 Å². The molecule has 4 aliphatic rings. The van der Waals surface area contributed by atoms with Crippen molar-refractivity contribution in [2.24, 2.45) is 57.2 Å². The molecule has 0 radical (unpaired) electrons. The summed E-state index contributed by atoms with van der Waals surface area (Å²) in [5, 5.41) is 0. The van der Waals surface area contributed by atoms with E-state index in [0.29, 0.717) is 28.1 Å². The third-order valence-electron chi connectivity index (χ3n) is 13.2. The molecule has 0 saturated heterocycles. The molecule has 4 saturated carbocycles. The van der Waals surface area contributed by atoms with E-state index in [1.165, 1.54) is 63.4 Å². The number of fused-ring (bicyclic) bond motifs is 5. The lowest BCUT2D eigenvalue weighted by atomic mass is 9.35. The van der Waals surface area contributed by atoms with Crippen LogP contribution in [0.3, 0.4) is 0 Å². The molecule has 2 heteroatoms. The van der Waals surface area contributed by atoms with Gasteiger partial charge in [0.2, 0.25) is 0 Å². The molecule has 4 aliphatic carbocycles. The van der Waals surface area contributed by atoms with Crippen molar-refractivity contribution in [3.8, 4) is 0 Å². The second-order valence-electron chi connectivity index (χ2n) is 15.2. The summed E-state index contributed by atoms with van der Waals surface area (Å²) in [5.74, 6) is 4.52. The van der Waals surface area contributed by atoms with Crippen LogP contribution in [0.4, 0.5) is 0 Å². The molecule has 35 heavy (non-hydrogen) atoms. The molecule has 0 aromatic heterocycles. The topological polar surface area (TPSA) is 26.3 Å². The van der Waals surface area contributed by atoms with Crippen LogP contribution in [0.5, 0.6) is 0 Å². The Morgan fingerprint density at radius 2 is 1.54 bits per heavy atom.